The van der Waals surface area contributed by atoms with Crippen LogP contribution in [0.25, 0.3) is 22.5 Å². The Morgan fingerprint density at radius 3 is 2.07 bits per heavy atom. The molecule has 0 unspecified atom stereocenters. The van der Waals surface area contributed by atoms with Crippen molar-refractivity contribution in [2.24, 2.45) is 23.7 Å². The summed E-state index contributed by atoms with van der Waals surface area (Å²) >= 11 is 12.8. The minimum atomic E-state index is 0.418. The van der Waals surface area contributed by atoms with Crippen molar-refractivity contribution in [3.63, 3.8) is 0 Å². The van der Waals surface area contributed by atoms with E-state index in [0.29, 0.717) is 27.9 Å². The fourth-order valence-corrected chi connectivity index (χ4v) is 7.00. The summed E-state index contributed by atoms with van der Waals surface area (Å²) in [6.07, 6.45) is 6.82. The van der Waals surface area contributed by atoms with Gasteiger partial charge < -0.3 is 0 Å². The Bertz CT molecular complexity index is 1070. The SMILES string of the molecule is Cc1ccc(-c2nn(C3C4CC5CC(C4)CC3C5)nc2-c2ccc(Cl)cc2Cl)cc1. The molecule has 7 rings (SSSR count). The van der Waals surface area contributed by atoms with Crippen molar-refractivity contribution < 1.29 is 0 Å². The Kier molecular flexibility index (Phi) is 4.47. The Labute approximate surface area is 187 Å². The van der Waals surface area contributed by atoms with E-state index < -0.39 is 0 Å². The Balaban J connectivity index is 1.48. The second-order valence-electron chi connectivity index (χ2n) is 9.63. The van der Waals surface area contributed by atoms with Crippen molar-refractivity contribution in [3.05, 3.63) is 58.1 Å². The van der Waals surface area contributed by atoms with Gasteiger partial charge >= 0.3 is 0 Å². The Hall–Kier alpha value is -1.84. The van der Waals surface area contributed by atoms with E-state index in [0.717, 1.165) is 34.4 Å². The molecule has 5 heteroatoms. The lowest BCUT2D eigenvalue weighted by Gasteiger charge is -2.53. The number of aryl methyl sites for hydroxylation is 1. The molecule has 0 spiro atoms. The van der Waals surface area contributed by atoms with Gasteiger partial charge in [-0.25, -0.2) is 0 Å². The van der Waals surface area contributed by atoms with Gasteiger partial charge in [0.2, 0.25) is 0 Å². The average molecular weight is 438 g/mol. The van der Waals surface area contributed by atoms with Crippen LogP contribution < -0.4 is 0 Å². The fraction of sp³-hybridized carbons (Fsp3) is 0.440. The van der Waals surface area contributed by atoms with Crippen molar-refractivity contribution in [1.29, 1.82) is 0 Å². The molecule has 0 saturated heterocycles. The third kappa shape index (κ3) is 3.09. The molecule has 30 heavy (non-hydrogen) atoms. The topological polar surface area (TPSA) is 30.7 Å². The number of nitrogens with zero attached hydrogens (tertiary/aromatic N) is 3. The van der Waals surface area contributed by atoms with Crippen LogP contribution in [0.1, 0.15) is 43.7 Å². The molecule has 154 valence electrons. The first-order valence-corrected chi connectivity index (χ1v) is 11.8. The van der Waals surface area contributed by atoms with E-state index in [2.05, 4.69) is 36.0 Å². The maximum absolute atomic E-state index is 6.60. The second kappa shape index (κ2) is 7.10. The van der Waals surface area contributed by atoms with Gasteiger partial charge in [-0.2, -0.15) is 15.0 Å². The molecule has 2 aromatic carbocycles. The van der Waals surface area contributed by atoms with E-state index in [1.54, 1.807) is 6.07 Å². The van der Waals surface area contributed by atoms with Crippen LogP contribution >= 0.6 is 23.2 Å². The fourth-order valence-electron chi connectivity index (χ4n) is 6.50. The number of benzene rings is 2. The van der Waals surface area contributed by atoms with Gasteiger partial charge in [0.25, 0.3) is 0 Å². The molecule has 1 heterocycles. The van der Waals surface area contributed by atoms with Crippen LogP contribution in [0, 0.1) is 30.6 Å². The number of hydrogen-bond acceptors (Lipinski definition) is 2. The van der Waals surface area contributed by atoms with E-state index in [9.17, 15) is 0 Å². The van der Waals surface area contributed by atoms with Crippen molar-refractivity contribution in [3.8, 4) is 22.5 Å². The monoisotopic (exact) mass is 437 g/mol. The summed E-state index contributed by atoms with van der Waals surface area (Å²) in [6.45, 7) is 2.10. The van der Waals surface area contributed by atoms with Gasteiger partial charge in [-0.05, 0) is 80.9 Å². The number of aromatic nitrogens is 3. The highest BCUT2D eigenvalue weighted by atomic mass is 35.5. The molecule has 0 radical (unpaired) electrons. The largest absolute Gasteiger partial charge is 0.180 e. The van der Waals surface area contributed by atoms with E-state index in [-0.39, 0.29) is 0 Å². The van der Waals surface area contributed by atoms with E-state index in [4.69, 9.17) is 33.4 Å². The minimum Gasteiger partial charge on any atom is -0.180 e. The summed E-state index contributed by atoms with van der Waals surface area (Å²) in [6, 6.07) is 14.6. The molecule has 4 bridgehead atoms. The lowest BCUT2D eigenvalue weighted by molar-refractivity contribution is -0.0387. The van der Waals surface area contributed by atoms with Gasteiger partial charge in [-0.15, -0.1) is 0 Å². The summed E-state index contributed by atoms with van der Waals surface area (Å²) < 4.78 is 0. The minimum absolute atomic E-state index is 0.418. The molecule has 0 amide bonds. The first-order valence-electron chi connectivity index (χ1n) is 11.0. The molecule has 1 aromatic heterocycles. The molecule has 3 aromatic rings. The first kappa shape index (κ1) is 18.9. The highest BCUT2D eigenvalue weighted by Gasteiger charge is 2.50. The van der Waals surface area contributed by atoms with Crippen molar-refractivity contribution in [1.82, 2.24) is 15.0 Å². The third-order valence-corrected chi connectivity index (χ3v) is 8.13. The van der Waals surface area contributed by atoms with Gasteiger partial charge in [0.15, 0.2) is 0 Å². The predicted octanol–water partition coefficient (Wildman–Crippen LogP) is 7.22. The molecule has 4 aliphatic carbocycles. The number of halogens is 2. The van der Waals surface area contributed by atoms with Crippen LogP contribution in [0.4, 0.5) is 0 Å². The number of hydrogen-bond donors (Lipinski definition) is 0. The molecule has 0 N–H and O–H groups in total. The molecule has 4 aliphatic rings. The molecule has 3 nitrogen and oxygen atoms in total. The molecule has 4 fully saturated rings. The summed E-state index contributed by atoms with van der Waals surface area (Å²) in [5, 5.41) is 11.5. The lowest BCUT2D eigenvalue weighted by atomic mass is 9.54. The maximum Gasteiger partial charge on any atom is 0.122 e. The van der Waals surface area contributed by atoms with Crippen molar-refractivity contribution in [2.45, 2.75) is 45.1 Å². The zero-order valence-corrected chi connectivity index (χ0v) is 18.6. The smallest absolute Gasteiger partial charge is 0.122 e. The normalized spacial score (nSPS) is 29.5. The predicted molar refractivity (Wildman–Crippen MR) is 122 cm³/mol. The molecule has 4 saturated carbocycles. The molecular weight excluding hydrogens is 413 g/mol. The van der Waals surface area contributed by atoms with Crippen LogP contribution in [0.5, 0.6) is 0 Å². The summed E-state index contributed by atoms with van der Waals surface area (Å²) in [5.74, 6) is 3.29. The highest BCUT2D eigenvalue weighted by molar-refractivity contribution is 6.36. The van der Waals surface area contributed by atoms with Crippen LogP contribution in [-0.4, -0.2) is 15.0 Å². The summed E-state index contributed by atoms with van der Waals surface area (Å²) in [5.41, 5.74) is 4.98. The van der Waals surface area contributed by atoms with Crippen molar-refractivity contribution >= 4 is 23.2 Å². The highest BCUT2D eigenvalue weighted by Crippen LogP contribution is 2.58. The third-order valence-electron chi connectivity index (χ3n) is 7.58. The van der Waals surface area contributed by atoms with E-state index in [1.807, 2.05) is 12.1 Å². The quantitative estimate of drug-likeness (QED) is 0.432. The molecule has 0 atom stereocenters. The van der Waals surface area contributed by atoms with E-state index >= 15 is 0 Å². The first-order chi connectivity index (χ1) is 14.5. The Morgan fingerprint density at radius 1 is 0.800 bits per heavy atom. The van der Waals surface area contributed by atoms with Crippen molar-refractivity contribution in [2.75, 3.05) is 0 Å². The maximum atomic E-state index is 6.60. The van der Waals surface area contributed by atoms with Gasteiger partial charge in [-0.3, -0.25) is 0 Å². The number of rotatable bonds is 3. The average Bonchev–Trinajstić information content (AvgIpc) is 3.12. The summed E-state index contributed by atoms with van der Waals surface area (Å²) in [4.78, 5) is 2.06. The van der Waals surface area contributed by atoms with Gasteiger partial charge in [0.05, 0.1) is 11.1 Å². The van der Waals surface area contributed by atoms with Gasteiger partial charge in [0, 0.05) is 16.1 Å². The Morgan fingerprint density at radius 2 is 1.43 bits per heavy atom. The van der Waals surface area contributed by atoms with Crippen LogP contribution in [0.2, 0.25) is 10.0 Å². The van der Waals surface area contributed by atoms with Crippen LogP contribution in [-0.2, 0) is 0 Å². The molecule has 0 aliphatic heterocycles. The second-order valence-corrected chi connectivity index (χ2v) is 10.5. The molecular formula is C25H25Cl2N3. The van der Waals surface area contributed by atoms with Gasteiger partial charge in [-0.1, -0.05) is 53.0 Å². The standard InChI is InChI=1S/C25H25Cl2N3/c1-14-2-4-17(5-3-14)23-24(21-7-6-20(26)13-22(21)27)29-30(28-23)25-18-9-15-8-16(11-18)12-19(25)10-15/h2-7,13,15-16,18-19,25H,8-12H2,1H3. The zero-order valence-electron chi connectivity index (χ0n) is 17.1. The van der Waals surface area contributed by atoms with E-state index in [1.165, 1.54) is 37.7 Å². The van der Waals surface area contributed by atoms with Gasteiger partial charge in [0.1, 0.15) is 11.4 Å². The van der Waals surface area contributed by atoms with Crippen LogP contribution in [0.3, 0.4) is 0 Å². The lowest BCUT2D eigenvalue weighted by Crippen LogP contribution is -2.46. The summed E-state index contributed by atoms with van der Waals surface area (Å²) in [7, 11) is 0. The van der Waals surface area contributed by atoms with Crippen LogP contribution in [0.15, 0.2) is 42.5 Å². The zero-order chi connectivity index (χ0) is 20.4.